The third kappa shape index (κ3) is 3.26. The number of ether oxygens (including phenoxy) is 1. The van der Waals surface area contributed by atoms with E-state index in [-0.39, 0.29) is 5.41 Å². The van der Waals surface area contributed by atoms with Crippen molar-refractivity contribution in [1.29, 1.82) is 0 Å². The average molecular weight is 340 g/mol. The molecule has 1 heterocycles. The van der Waals surface area contributed by atoms with E-state index in [1.165, 1.54) is 0 Å². The molecule has 3 nitrogen and oxygen atoms in total. The molecule has 0 aliphatic carbocycles. The van der Waals surface area contributed by atoms with E-state index in [1.54, 1.807) is 36.5 Å². The van der Waals surface area contributed by atoms with Crippen LogP contribution < -0.4 is 4.74 Å². The molecule has 0 saturated heterocycles. The fourth-order valence-corrected chi connectivity index (χ4v) is 2.67. The maximum absolute atomic E-state index is 12.4. The van der Waals surface area contributed by atoms with Gasteiger partial charge in [-0.25, -0.2) is 4.79 Å². The summed E-state index contributed by atoms with van der Waals surface area (Å²) in [6, 6.07) is 14.5. The number of fused-ring (bicyclic) bond motifs is 1. The lowest BCUT2D eigenvalue weighted by Gasteiger charge is -2.19. The van der Waals surface area contributed by atoms with Gasteiger partial charge in [0.05, 0.1) is 10.6 Å². The zero-order valence-corrected chi connectivity index (χ0v) is 14.6. The minimum Gasteiger partial charge on any atom is -0.421 e. The topological polar surface area (TPSA) is 39.2 Å². The predicted molar refractivity (Wildman–Crippen MR) is 96.9 cm³/mol. The van der Waals surface area contributed by atoms with E-state index >= 15 is 0 Å². The zero-order valence-electron chi connectivity index (χ0n) is 13.8. The molecule has 0 spiro atoms. The summed E-state index contributed by atoms with van der Waals surface area (Å²) < 4.78 is 5.53. The Morgan fingerprint density at radius 3 is 2.42 bits per heavy atom. The summed E-state index contributed by atoms with van der Waals surface area (Å²) in [4.78, 5) is 16.7. The standard InChI is InChI=1S/C20H18ClNO2/c1-20(2,3)14-8-6-13(7-9-14)19(23)24-17-11-10-16(21)15-5-4-12-22-18(15)17/h4-12H,1-3H3. The first kappa shape index (κ1) is 16.5. The number of hydrogen-bond acceptors (Lipinski definition) is 3. The molecule has 122 valence electrons. The second-order valence-corrected chi connectivity index (χ2v) is 7.07. The molecule has 0 aliphatic rings. The third-order valence-corrected chi connectivity index (χ3v) is 4.20. The maximum Gasteiger partial charge on any atom is 0.343 e. The van der Waals surface area contributed by atoms with E-state index in [4.69, 9.17) is 16.3 Å². The van der Waals surface area contributed by atoms with Crippen LogP contribution in [0.2, 0.25) is 5.02 Å². The molecule has 0 fully saturated rings. The van der Waals surface area contributed by atoms with Crippen LogP contribution in [0.3, 0.4) is 0 Å². The number of nitrogens with zero attached hydrogens (tertiary/aromatic N) is 1. The zero-order chi connectivity index (χ0) is 17.3. The van der Waals surface area contributed by atoms with Gasteiger partial charge in [-0.15, -0.1) is 0 Å². The van der Waals surface area contributed by atoms with Crippen LogP contribution in [-0.4, -0.2) is 11.0 Å². The van der Waals surface area contributed by atoms with Gasteiger partial charge in [0.2, 0.25) is 0 Å². The Bertz CT molecular complexity index is 896. The minimum absolute atomic E-state index is 0.0404. The molecule has 2 aromatic carbocycles. The maximum atomic E-state index is 12.4. The van der Waals surface area contributed by atoms with E-state index in [0.29, 0.717) is 21.9 Å². The molecule has 1 aromatic heterocycles. The SMILES string of the molecule is CC(C)(C)c1ccc(C(=O)Oc2ccc(Cl)c3cccnc23)cc1. The minimum atomic E-state index is -0.412. The van der Waals surface area contributed by atoms with Crippen LogP contribution in [0.15, 0.2) is 54.7 Å². The fraction of sp³-hybridized carbons (Fsp3) is 0.200. The van der Waals surface area contributed by atoms with Crippen LogP contribution in [-0.2, 0) is 5.41 Å². The van der Waals surface area contributed by atoms with E-state index in [9.17, 15) is 4.79 Å². The lowest BCUT2D eigenvalue weighted by atomic mass is 9.87. The number of benzene rings is 2. The van der Waals surface area contributed by atoms with Crippen molar-refractivity contribution in [2.75, 3.05) is 0 Å². The molecule has 0 radical (unpaired) electrons. The Kier molecular flexibility index (Phi) is 4.29. The monoisotopic (exact) mass is 339 g/mol. The normalized spacial score (nSPS) is 11.5. The second kappa shape index (κ2) is 6.25. The van der Waals surface area contributed by atoms with Gasteiger partial charge in [-0.05, 0) is 47.4 Å². The molecule has 0 aliphatic heterocycles. The number of pyridine rings is 1. The average Bonchev–Trinajstić information content (AvgIpc) is 2.57. The lowest BCUT2D eigenvalue weighted by molar-refractivity contribution is 0.0736. The smallest absolute Gasteiger partial charge is 0.343 e. The van der Waals surface area contributed by atoms with Gasteiger partial charge in [-0.3, -0.25) is 4.98 Å². The summed E-state index contributed by atoms with van der Waals surface area (Å²) >= 11 is 6.16. The second-order valence-electron chi connectivity index (χ2n) is 6.66. The van der Waals surface area contributed by atoms with Crippen LogP contribution in [0.4, 0.5) is 0 Å². The molecular weight excluding hydrogens is 322 g/mol. The fourth-order valence-electron chi connectivity index (χ4n) is 2.46. The number of carbonyl (C=O) groups excluding carboxylic acids is 1. The third-order valence-electron chi connectivity index (χ3n) is 3.87. The number of hydrogen-bond donors (Lipinski definition) is 0. The van der Waals surface area contributed by atoms with Crippen molar-refractivity contribution in [2.45, 2.75) is 26.2 Å². The van der Waals surface area contributed by atoms with Gasteiger partial charge in [0, 0.05) is 11.6 Å². The summed E-state index contributed by atoms with van der Waals surface area (Å²) in [5.74, 6) is -0.00960. The molecule has 0 N–H and O–H groups in total. The quantitative estimate of drug-likeness (QED) is 0.463. The van der Waals surface area contributed by atoms with Crippen LogP contribution >= 0.6 is 11.6 Å². The molecule has 3 aromatic rings. The van der Waals surface area contributed by atoms with Gasteiger partial charge in [-0.2, -0.15) is 0 Å². The van der Waals surface area contributed by atoms with Gasteiger partial charge < -0.3 is 4.74 Å². The van der Waals surface area contributed by atoms with Crippen LogP contribution in [0.1, 0.15) is 36.7 Å². The van der Waals surface area contributed by atoms with E-state index in [1.807, 2.05) is 18.2 Å². The van der Waals surface area contributed by atoms with Crippen molar-refractivity contribution < 1.29 is 9.53 Å². The summed E-state index contributed by atoms with van der Waals surface area (Å²) in [6.07, 6.45) is 1.65. The molecule has 24 heavy (non-hydrogen) atoms. The number of halogens is 1. The Balaban J connectivity index is 1.89. The number of aromatic nitrogens is 1. The van der Waals surface area contributed by atoms with Gasteiger partial charge in [0.15, 0.2) is 5.75 Å². The first-order chi connectivity index (χ1) is 11.4. The predicted octanol–water partition coefficient (Wildman–Crippen LogP) is 5.40. The van der Waals surface area contributed by atoms with Crippen molar-refractivity contribution in [3.63, 3.8) is 0 Å². The van der Waals surface area contributed by atoms with Gasteiger partial charge in [0.25, 0.3) is 0 Å². The largest absolute Gasteiger partial charge is 0.421 e. The highest BCUT2D eigenvalue weighted by atomic mass is 35.5. The summed E-state index contributed by atoms with van der Waals surface area (Å²) in [5, 5.41) is 1.33. The Labute approximate surface area is 146 Å². The first-order valence-corrected chi connectivity index (χ1v) is 8.10. The Hall–Kier alpha value is -2.39. The molecule has 0 amide bonds. The van der Waals surface area contributed by atoms with Crippen molar-refractivity contribution >= 4 is 28.5 Å². The van der Waals surface area contributed by atoms with Crippen molar-refractivity contribution in [1.82, 2.24) is 4.98 Å². The first-order valence-electron chi connectivity index (χ1n) is 7.72. The van der Waals surface area contributed by atoms with Crippen LogP contribution in [0, 0.1) is 0 Å². The highest BCUT2D eigenvalue weighted by Gasteiger charge is 2.16. The molecule has 0 atom stereocenters. The van der Waals surface area contributed by atoms with Gasteiger partial charge >= 0.3 is 5.97 Å². The van der Waals surface area contributed by atoms with Crippen molar-refractivity contribution in [3.8, 4) is 5.75 Å². The molecule has 3 rings (SSSR count). The number of esters is 1. The van der Waals surface area contributed by atoms with Gasteiger partial charge in [-0.1, -0.05) is 44.5 Å². The Morgan fingerprint density at radius 2 is 1.75 bits per heavy atom. The summed E-state index contributed by atoms with van der Waals surface area (Å²) in [5.41, 5.74) is 2.28. The molecule has 0 bridgehead atoms. The molecule has 0 unspecified atom stereocenters. The van der Waals surface area contributed by atoms with E-state index in [0.717, 1.165) is 10.9 Å². The summed E-state index contributed by atoms with van der Waals surface area (Å²) in [7, 11) is 0. The molecular formula is C20H18ClNO2. The van der Waals surface area contributed by atoms with Gasteiger partial charge in [0.1, 0.15) is 5.52 Å². The number of carbonyl (C=O) groups is 1. The summed E-state index contributed by atoms with van der Waals surface area (Å²) in [6.45, 7) is 6.39. The van der Waals surface area contributed by atoms with Crippen LogP contribution in [0.25, 0.3) is 10.9 Å². The van der Waals surface area contributed by atoms with E-state index in [2.05, 4.69) is 25.8 Å². The highest BCUT2D eigenvalue weighted by Crippen LogP contribution is 2.30. The molecule has 0 saturated carbocycles. The van der Waals surface area contributed by atoms with Crippen molar-refractivity contribution in [2.24, 2.45) is 0 Å². The Morgan fingerprint density at radius 1 is 1.04 bits per heavy atom. The lowest BCUT2D eigenvalue weighted by Crippen LogP contribution is -2.13. The van der Waals surface area contributed by atoms with E-state index < -0.39 is 5.97 Å². The van der Waals surface area contributed by atoms with Crippen molar-refractivity contribution in [3.05, 3.63) is 70.9 Å². The number of rotatable bonds is 2. The highest BCUT2D eigenvalue weighted by molar-refractivity contribution is 6.35. The van der Waals surface area contributed by atoms with Crippen LogP contribution in [0.5, 0.6) is 5.75 Å². The molecule has 4 heteroatoms.